The maximum atomic E-state index is 12.2. The molecule has 29 heavy (non-hydrogen) atoms. The molecule has 0 aliphatic carbocycles. The Morgan fingerprint density at radius 1 is 1.10 bits per heavy atom. The fraction of sp³-hybridized carbons (Fsp3) is 0.238. The molecular weight excluding hydrogens is 372 g/mol. The predicted molar refractivity (Wildman–Crippen MR) is 109 cm³/mol. The third kappa shape index (κ3) is 4.78. The van der Waals surface area contributed by atoms with Gasteiger partial charge in [-0.25, -0.2) is 4.68 Å². The van der Waals surface area contributed by atoms with Gasteiger partial charge in [-0.05, 0) is 49.4 Å². The van der Waals surface area contributed by atoms with Crippen LogP contribution < -0.4 is 21.2 Å². The third-order valence-corrected chi connectivity index (χ3v) is 4.30. The van der Waals surface area contributed by atoms with Gasteiger partial charge in [0.2, 0.25) is 0 Å². The molecule has 2 aromatic heterocycles. The molecular formula is C21H22N4O4. The molecule has 0 atom stereocenters. The minimum Gasteiger partial charge on any atom is -0.494 e. The van der Waals surface area contributed by atoms with Crippen molar-refractivity contribution in [3.8, 4) is 17.0 Å². The third-order valence-electron chi connectivity index (χ3n) is 4.30. The summed E-state index contributed by atoms with van der Waals surface area (Å²) in [6.07, 6.45) is 1.58. The average Bonchev–Trinajstić information content (AvgIpc) is 2.72. The number of carbonyl (C=O) groups is 1. The van der Waals surface area contributed by atoms with Gasteiger partial charge in [0, 0.05) is 31.4 Å². The fourth-order valence-electron chi connectivity index (χ4n) is 2.79. The quantitative estimate of drug-likeness (QED) is 0.654. The number of hydrogen-bond acceptors (Lipinski definition) is 5. The average molecular weight is 394 g/mol. The molecule has 8 heteroatoms. The Kier molecular flexibility index (Phi) is 6.23. The zero-order valence-corrected chi connectivity index (χ0v) is 16.3. The van der Waals surface area contributed by atoms with Gasteiger partial charge >= 0.3 is 0 Å². The molecule has 1 aromatic carbocycles. The van der Waals surface area contributed by atoms with Gasteiger partial charge in [-0.1, -0.05) is 0 Å². The number of benzene rings is 1. The lowest BCUT2D eigenvalue weighted by Gasteiger charge is -2.09. The minimum absolute atomic E-state index is 0.0541. The zero-order valence-electron chi connectivity index (χ0n) is 16.3. The number of aryl methyl sites for hydroxylation is 1. The summed E-state index contributed by atoms with van der Waals surface area (Å²) in [7, 11) is 1.58. The molecule has 1 amide bonds. The van der Waals surface area contributed by atoms with Crippen LogP contribution in [0.3, 0.4) is 0 Å². The summed E-state index contributed by atoms with van der Waals surface area (Å²) in [5.74, 6) is 0.279. The highest BCUT2D eigenvalue weighted by Gasteiger charge is 2.11. The van der Waals surface area contributed by atoms with Gasteiger partial charge in [0.1, 0.15) is 11.3 Å². The van der Waals surface area contributed by atoms with E-state index in [0.717, 1.165) is 11.3 Å². The fourth-order valence-corrected chi connectivity index (χ4v) is 2.79. The highest BCUT2D eigenvalue weighted by molar-refractivity contribution is 5.93. The van der Waals surface area contributed by atoms with Gasteiger partial charge < -0.3 is 14.6 Å². The van der Waals surface area contributed by atoms with E-state index in [9.17, 15) is 14.4 Å². The van der Waals surface area contributed by atoms with Crippen molar-refractivity contribution in [2.75, 3.05) is 13.2 Å². The van der Waals surface area contributed by atoms with Crippen molar-refractivity contribution < 1.29 is 9.53 Å². The molecule has 3 rings (SSSR count). The molecule has 0 bridgehead atoms. The standard InChI is InChI=1S/C21H22N4O4/c1-3-29-16-8-6-15(7-9-16)18-10-11-19(26)25(23-18)14-12-22-20(27)17-5-4-13-24(2)21(17)28/h4-11,13H,3,12,14H2,1-2H3,(H,22,27). The van der Waals surface area contributed by atoms with Gasteiger partial charge in [-0.3, -0.25) is 14.4 Å². The predicted octanol–water partition coefficient (Wildman–Crippen LogP) is 1.44. The van der Waals surface area contributed by atoms with E-state index in [1.807, 2.05) is 31.2 Å². The van der Waals surface area contributed by atoms with Crippen molar-refractivity contribution in [2.45, 2.75) is 13.5 Å². The normalized spacial score (nSPS) is 10.6. The molecule has 0 fully saturated rings. The number of carbonyl (C=O) groups excluding carboxylic acids is 1. The molecule has 0 saturated carbocycles. The van der Waals surface area contributed by atoms with Crippen molar-refractivity contribution in [3.05, 3.63) is 81.0 Å². The van der Waals surface area contributed by atoms with E-state index in [-0.39, 0.29) is 29.8 Å². The summed E-state index contributed by atoms with van der Waals surface area (Å²) in [6.45, 7) is 2.85. The molecule has 0 aliphatic rings. The lowest BCUT2D eigenvalue weighted by atomic mass is 10.1. The second-order valence-electron chi connectivity index (χ2n) is 6.33. The molecule has 1 N–H and O–H groups in total. The van der Waals surface area contributed by atoms with Gasteiger partial charge in [0.05, 0.1) is 18.8 Å². The van der Waals surface area contributed by atoms with Gasteiger partial charge in [-0.15, -0.1) is 0 Å². The molecule has 2 heterocycles. The van der Waals surface area contributed by atoms with Crippen LogP contribution in [0.2, 0.25) is 0 Å². The van der Waals surface area contributed by atoms with Crippen LogP contribution in [0.4, 0.5) is 0 Å². The monoisotopic (exact) mass is 394 g/mol. The highest BCUT2D eigenvalue weighted by Crippen LogP contribution is 2.19. The van der Waals surface area contributed by atoms with Gasteiger partial charge in [0.25, 0.3) is 17.0 Å². The van der Waals surface area contributed by atoms with Crippen LogP contribution in [0.15, 0.2) is 64.3 Å². The highest BCUT2D eigenvalue weighted by atomic mass is 16.5. The Bertz CT molecular complexity index is 1120. The first-order chi connectivity index (χ1) is 14.0. The number of nitrogens with zero attached hydrogens (tertiary/aromatic N) is 3. The smallest absolute Gasteiger partial charge is 0.266 e. The number of rotatable bonds is 7. The first-order valence-electron chi connectivity index (χ1n) is 9.25. The van der Waals surface area contributed by atoms with Crippen molar-refractivity contribution >= 4 is 5.91 Å². The van der Waals surface area contributed by atoms with Crippen LogP contribution >= 0.6 is 0 Å². The van der Waals surface area contributed by atoms with Crippen LogP contribution in [0, 0.1) is 0 Å². The zero-order chi connectivity index (χ0) is 20.8. The lowest BCUT2D eigenvalue weighted by molar-refractivity contribution is 0.0949. The molecule has 0 unspecified atom stereocenters. The number of nitrogens with one attached hydrogen (secondary N) is 1. The minimum atomic E-state index is -0.484. The maximum absolute atomic E-state index is 12.2. The molecule has 8 nitrogen and oxygen atoms in total. The Morgan fingerprint density at radius 2 is 1.86 bits per heavy atom. The summed E-state index contributed by atoms with van der Waals surface area (Å²) in [6, 6.07) is 13.6. The van der Waals surface area contributed by atoms with Crippen LogP contribution in [0.25, 0.3) is 11.3 Å². The van der Waals surface area contributed by atoms with Gasteiger partial charge in [-0.2, -0.15) is 5.10 Å². The van der Waals surface area contributed by atoms with E-state index in [0.29, 0.717) is 12.3 Å². The molecule has 0 aliphatic heterocycles. The molecule has 0 spiro atoms. The number of pyridine rings is 1. The molecule has 3 aromatic rings. The number of amides is 1. The molecule has 0 saturated heterocycles. The molecule has 0 radical (unpaired) electrons. The second-order valence-corrected chi connectivity index (χ2v) is 6.33. The molecule has 150 valence electrons. The summed E-state index contributed by atoms with van der Waals surface area (Å²) >= 11 is 0. The van der Waals surface area contributed by atoms with E-state index >= 15 is 0 Å². The number of aromatic nitrogens is 3. The Morgan fingerprint density at radius 3 is 2.59 bits per heavy atom. The SMILES string of the molecule is CCOc1ccc(-c2ccc(=O)n(CCNC(=O)c3cccn(C)c3=O)n2)cc1. The Labute approximate surface area is 167 Å². The van der Waals surface area contributed by atoms with E-state index in [1.165, 1.54) is 21.4 Å². The summed E-state index contributed by atoms with van der Waals surface area (Å²) in [5.41, 5.74) is 0.885. The first kappa shape index (κ1) is 20.1. The number of ether oxygens (including phenoxy) is 1. The summed E-state index contributed by atoms with van der Waals surface area (Å²) < 4.78 is 8.05. The van der Waals surface area contributed by atoms with Crippen molar-refractivity contribution in [3.63, 3.8) is 0 Å². The Hall–Kier alpha value is -3.68. The van der Waals surface area contributed by atoms with E-state index in [2.05, 4.69) is 10.4 Å². The van der Waals surface area contributed by atoms with Crippen molar-refractivity contribution in [1.82, 2.24) is 19.7 Å². The van der Waals surface area contributed by atoms with E-state index in [4.69, 9.17) is 4.74 Å². The topological polar surface area (TPSA) is 95.2 Å². The second kappa shape index (κ2) is 9.01. The van der Waals surface area contributed by atoms with E-state index in [1.54, 1.807) is 25.4 Å². The largest absolute Gasteiger partial charge is 0.494 e. The lowest BCUT2D eigenvalue weighted by Crippen LogP contribution is -2.35. The van der Waals surface area contributed by atoms with E-state index < -0.39 is 5.91 Å². The summed E-state index contributed by atoms with van der Waals surface area (Å²) in [4.78, 5) is 36.3. The summed E-state index contributed by atoms with van der Waals surface area (Å²) in [5, 5.41) is 7.02. The first-order valence-corrected chi connectivity index (χ1v) is 9.25. The van der Waals surface area contributed by atoms with Crippen molar-refractivity contribution in [2.24, 2.45) is 7.05 Å². The van der Waals surface area contributed by atoms with Crippen LogP contribution in [0.1, 0.15) is 17.3 Å². The van der Waals surface area contributed by atoms with Gasteiger partial charge in [0.15, 0.2) is 0 Å². The van der Waals surface area contributed by atoms with Crippen molar-refractivity contribution in [1.29, 1.82) is 0 Å². The van der Waals surface area contributed by atoms with Crippen LogP contribution in [-0.2, 0) is 13.6 Å². The van der Waals surface area contributed by atoms with Crippen LogP contribution in [-0.4, -0.2) is 33.4 Å². The maximum Gasteiger partial charge on any atom is 0.266 e. The van der Waals surface area contributed by atoms with Crippen LogP contribution in [0.5, 0.6) is 5.75 Å². The number of hydrogen-bond donors (Lipinski definition) is 1. The Balaban J connectivity index is 1.69.